The lowest BCUT2D eigenvalue weighted by Gasteiger charge is -2.18. The van der Waals surface area contributed by atoms with E-state index in [1.807, 2.05) is 20.8 Å². The fourth-order valence-electron chi connectivity index (χ4n) is 1.58. The minimum atomic E-state index is -0.550. The van der Waals surface area contributed by atoms with Gasteiger partial charge in [-0.05, 0) is 27.2 Å². The van der Waals surface area contributed by atoms with Gasteiger partial charge in [0.05, 0.1) is 5.54 Å². The zero-order valence-electron chi connectivity index (χ0n) is 10.5. The Hall–Kier alpha value is -0.940. The first-order valence-electron chi connectivity index (χ1n) is 5.75. The van der Waals surface area contributed by atoms with Crippen LogP contribution in [0, 0.1) is 0 Å². The van der Waals surface area contributed by atoms with E-state index in [0.717, 1.165) is 12.8 Å². The van der Waals surface area contributed by atoms with E-state index < -0.39 is 5.54 Å². The van der Waals surface area contributed by atoms with Gasteiger partial charge in [0.1, 0.15) is 6.10 Å². The first-order chi connectivity index (χ1) is 7.51. The van der Waals surface area contributed by atoms with Gasteiger partial charge in [-0.15, -0.1) is 0 Å². The van der Waals surface area contributed by atoms with E-state index in [9.17, 15) is 0 Å². The average Bonchev–Trinajstić information content (AvgIpc) is 2.67. The van der Waals surface area contributed by atoms with E-state index in [-0.39, 0.29) is 6.10 Å². The SMILES string of the molecule is CCCC(C)(N)c1nc(C(C)OCC)no1. The Morgan fingerprint density at radius 2 is 2.19 bits per heavy atom. The second kappa shape index (κ2) is 5.41. The van der Waals surface area contributed by atoms with Gasteiger partial charge in [0.25, 0.3) is 0 Å². The van der Waals surface area contributed by atoms with Gasteiger partial charge in [-0.1, -0.05) is 18.5 Å². The number of nitrogens with two attached hydrogens (primary N) is 1. The van der Waals surface area contributed by atoms with Gasteiger partial charge in [-0.3, -0.25) is 0 Å². The summed E-state index contributed by atoms with van der Waals surface area (Å²) >= 11 is 0. The van der Waals surface area contributed by atoms with E-state index in [1.54, 1.807) is 0 Å². The van der Waals surface area contributed by atoms with Crippen molar-refractivity contribution in [2.75, 3.05) is 6.61 Å². The Morgan fingerprint density at radius 1 is 1.50 bits per heavy atom. The van der Waals surface area contributed by atoms with E-state index in [1.165, 1.54) is 0 Å². The lowest BCUT2D eigenvalue weighted by molar-refractivity contribution is 0.0683. The van der Waals surface area contributed by atoms with Crippen LogP contribution in [0.3, 0.4) is 0 Å². The molecule has 2 atom stereocenters. The lowest BCUT2D eigenvalue weighted by Crippen LogP contribution is -2.33. The van der Waals surface area contributed by atoms with Gasteiger partial charge in [0, 0.05) is 6.61 Å². The van der Waals surface area contributed by atoms with Crippen molar-refractivity contribution in [3.05, 3.63) is 11.7 Å². The molecule has 1 aromatic heterocycles. The van der Waals surface area contributed by atoms with E-state index in [4.69, 9.17) is 15.0 Å². The largest absolute Gasteiger partial charge is 0.371 e. The topological polar surface area (TPSA) is 74.2 Å². The molecular weight excluding hydrogens is 206 g/mol. The highest BCUT2D eigenvalue weighted by Gasteiger charge is 2.28. The van der Waals surface area contributed by atoms with E-state index in [0.29, 0.717) is 18.3 Å². The van der Waals surface area contributed by atoms with Crippen LogP contribution in [0.15, 0.2) is 4.52 Å². The van der Waals surface area contributed by atoms with Crippen LogP contribution in [0.2, 0.25) is 0 Å². The molecule has 0 aromatic carbocycles. The highest BCUT2D eigenvalue weighted by Crippen LogP contribution is 2.23. The fourth-order valence-corrected chi connectivity index (χ4v) is 1.58. The first kappa shape index (κ1) is 13.1. The fraction of sp³-hybridized carbons (Fsp3) is 0.818. The zero-order valence-corrected chi connectivity index (χ0v) is 10.5. The summed E-state index contributed by atoms with van der Waals surface area (Å²) in [4.78, 5) is 4.29. The minimum absolute atomic E-state index is 0.153. The van der Waals surface area contributed by atoms with Crippen LogP contribution < -0.4 is 5.73 Å². The van der Waals surface area contributed by atoms with Crippen molar-refractivity contribution in [2.45, 2.75) is 52.2 Å². The summed E-state index contributed by atoms with van der Waals surface area (Å²) in [5, 5.41) is 3.89. The van der Waals surface area contributed by atoms with E-state index in [2.05, 4.69) is 17.1 Å². The van der Waals surface area contributed by atoms with E-state index >= 15 is 0 Å². The highest BCUT2D eigenvalue weighted by atomic mass is 16.5. The normalized spacial score (nSPS) is 17.1. The molecule has 2 N–H and O–H groups in total. The second-order valence-electron chi connectivity index (χ2n) is 4.22. The first-order valence-corrected chi connectivity index (χ1v) is 5.75. The summed E-state index contributed by atoms with van der Waals surface area (Å²) < 4.78 is 10.6. The van der Waals surface area contributed by atoms with Crippen LogP contribution >= 0.6 is 0 Å². The van der Waals surface area contributed by atoms with Crippen LogP contribution in [0.5, 0.6) is 0 Å². The molecule has 1 rings (SSSR count). The predicted molar refractivity (Wildman–Crippen MR) is 60.8 cm³/mol. The van der Waals surface area contributed by atoms with Crippen LogP contribution in [0.25, 0.3) is 0 Å². The molecule has 1 heterocycles. The van der Waals surface area contributed by atoms with Gasteiger partial charge >= 0.3 is 0 Å². The van der Waals surface area contributed by atoms with Gasteiger partial charge in [0.2, 0.25) is 5.89 Å². The molecule has 0 spiro atoms. The van der Waals surface area contributed by atoms with Crippen LogP contribution in [0.1, 0.15) is 58.4 Å². The molecule has 5 heteroatoms. The molecule has 0 amide bonds. The second-order valence-corrected chi connectivity index (χ2v) is 4.22. The number of nitrogens with zero attached hydrogens (tertiary/aromatic N) is 2. The monoisotopic (exact) mass is 227 g/mol. The smallest absolute Gasteiger partial charge is 0.246 e. The average molecular weight is 227 g/mol. The zero-order chi connectivity index (χ0) is 12.2. The van der Waals surface area contributed by atoms with Crippen molar-refractivity contribution in [3.8, 4) is 0 Å². The maximum absolute atomic E-state index is 6.10. The van der Waals surface area contributed by atoms with Crippen molar-refractivity contribution in [3.63, 3.8) is 0 Å². The molecule has 1 aromatic rings. The summed E-state index contributed by atoms with van der Waals surface area (Å²) in [6.45, 7) is 8.43. The summed E-state index contributed by atoms with van der Waals surface area (Å²) in [7, 11) is 0. The number of ether oxygens (including phenoxy) is 1. The summed E-state index contributed by atoms with van der Waals surface area (Å²) in [5.41, 5.74) is 5.55. The van der Waals surface area contributed by atoms with Crippen molar-refractivity contribution < 1.29 is 9.26 Å². The van der Waals surface area contributed by atoms with Gasteiger partial charge in [0.15, 0.2) is 5.82 Å². The third-order valence-electron chi connectivity index (χ3n) is 2.48. The van der Waals surface area contributed by atoms with Crippen LogP contribution in [0.4, 0.5) is 0 Å². The molecular formula is C11H21N3O2. The lowest BCUT2D eigenvalue weighted by atomic mass is 9.98. The quantitative estimate of drug-likeness (QED) is 0.805. The number of hydrogen-bond acceptors (Lipinski definition) is 5. The molecule has 0 bridgehead atoms. The third-order valence-corrected chi connectivity index (χ3v) is 2.48. The number of aromatic nitrogens is 2. The molecule has 5 nitrogen and oxygen atoms in total. The Kier molecular flexibility index (Phi) is 4.44. The molecule has 0 fully saturated rings. The third kappa shape index (κ3) is 3.02. The van der Waals surface area contributed by atoms with Crippen molar-refractivity contribution >= 4 is 0 Å². The Bertz CT molecular complexity index is 323. The molecule has 16 heavy (non-hydrogen) atoms. The van der Waals surface area contributed by atoms with Crippen molar-refractivity contribution in [2.24, 2.45) is 5.73 Å². The number of hydrogen-bond donors (Lipinski definition) is 1. The van der Waals surface area contributed by atoms with Gasteiger partial charge in [-0.25, -0.2) is 0 Å². The standard InChI is InChI=1S/C11H21N3O2/c1-5-7-11(4,12)10-13-9(14-16-10)8(3)15-6-2/h8H,5-7,12H2,1-4H3. The molecule has 0 aliphatic rings. The maximum atomic E-state index is 6.10. The molecule has 0 aliphatic heterocycles. The van der Waals surface area contributed by atoms with Crippen LogP contribution in [-0.4, -0.2) is 16.7 Å². The molecule has 0 aliphatic carbocycles. The minimum Gasteiger partial charge on any atom is -0.371 e. The summed E-state index contributed by atoms with van der Waals surface area (Å²) in [5.74, 6) is 1.04. The molecule has 2 unspecified atom stereocenters. The van der Waals surface area contributed by atoms with Crippen LogP contribution in [-0.2, 0) is 10.3 Å². The van der Waals surface area contributed by atoms with Crippen molar-refractivity contribution in [1.82, 2.24) is 10.1 Å². The highest BCUT2D eigenvalue weighted by molar-refractivity contribution is 5.00. The van der Waals surface area contributed by atoms with Gasteiger partial charge in [-0.2, -0.15) is 4.98 Å². The van der Waals surface area contributed by atoms with Crippen molar-refractivity contribution in [1.29, 1.82) is 0 Å². The Labute approximate surface area is 96.4 Å². The molecule has 0 saturated carbocycles. The molecule has 0 saturated heterocycles. The molecule has 0 radical (unpaired) electrons. The Morgan fingerprint density at radius 3 is 2.75 bits per heavy atom. The predicted octanol–water partition coefficient (Wildman–Crippen LogP) is 2.14. The number of rotatable bonds is 6. The molecule has 92 valence electrons. The van der Waals surface area contributed by atoms with Gasteiger partial charge < -0.3 is 15.0 Å². The summed E-state index contributed by atoms with van der Waals surface area (Å²) in [6, 6.07) is 0. The maximum Gasteiger partial charge on any atom is 0.246 e. The summed E-state index contributed by atoms with van der Waals surface area (Å²) in [6.07, 6.45) is 1.64. The Balaban J connectivity index is 2.78.